The molecule has 2 aliphatic rings. The predicted molar refractivity (Wildman–Crippen MR) is 106 cm³/mol. The number of benzene rings is 1. The number of ether oxygens (including phenoxy) is 1. The lowest BCUT2D eigenvalue weighted by atomic mass is 9.88. The van der Waals surface area contributed by atoms with E-state index in [9.17, 15) is 9.59 Å². The Morgan fingerprint density at radius 3 is 2.96 bits per heavy atom. The summed E-state index contributed by atoms with van der Waals surface area (Å²) in [5, 5.41) is 4.92. The summed E-state index contributed by atoms with van der Waals surface area (Å²) in [6.07, 6.45) is 6.10. The zero-order valence-electron chi connectivity index (χ0n) is 15.6. The van der Waals surface area contributed by atoms with E-state index in [1.54, 1.807) is 11.3 Å². The van der Waals surface area contributed by atoms with Crippen LogP contribution >= 0.6 is 11.3 Å². The molecule has 1 N–H and O–H groups in total. The number of carbonyl (C=O) groups excluding carboxylic acids is 2. The van der Waals surface area contributed by atoms with Gasteiger partial charge in [0.15, 0.2) is 6.61 Å². The van der Waals surface area contributed by atoms with Gasteiger partial charge in [0.2, 0.25) is 0 Å². The van der Waals surface area contributed by atoms with Crippen molar-refractivity contribution < 1.29 is 14.3 Å². The molecule has 142 valence electrons. The largest absolute Gasteiger partial charge is 0.452 e. The van der Waals surface area contributed by atoms with E-state index in [4.69, 9.17) is 4.74 Å². The summed E-state index contributed by atoms with van der Waals surface area (Å²) in [7, 11) is 0. The molecule has 0 unspecified atom stereocenters. The van der Waals surface area contributed by atoms with Gasteiger partial charge in [0.25, 0.3) is 5.91 Å². The Morgan fingerprint density at radius 1 is 1.22 bits per heavy atom. The van der Waals surface area contributed by atoms with Crippen molar-refractivity contribution in [2.45, 2.75) is 51.5 Å². The average Bonchev–Trinajstić information content (AvgIpc) is 3.09. The summed E-state index contributed by atoms with van der Waals surface area (Å²) in [4.78, 5) is 26.1. The van der Waals surface area contributed by atoms with Gasteiger partial charge in [-0.1, -0.05) is 31.2 Å². The Hall–Kier alpha value is -2.14. The summed E-state index contributed by atoms with van der Waals surface area (Å²) in [5.74, 6) is 0.0631. The highest BCUT2D eigenvalue weighted by molar-refractivity contribution is 7.10. The van der Waals surface area contributed by atoms with Crippen LogP contribution < -0.4 is 5.32 Å². The van der Waals surface area contributed by atoms with Crippen molar-refractivity contribution in [3.05, 3.63) is 56.8 Å². The maximum absolute atomic E-state index is 12.5. The third kappa shape index (κ3) is 3.93. The maximum Gasteiger partial charge on any atom is 0.339 e. The number of esters is 1. The monoisotopic (exact) mass is 383 g/mol. The van der Waals surface area contributed by atoms with Crippen molar-refractivity contribution in [2.75, 3.05) is 6.61 Å². The van der Waals surface area contributed by atoms with Crippen LogP contribution in [0.15, 0.2) is 29.6 Å². The van der Waals surface area contributed by atoms with Crippen LogP contribution in [0.2, 0.25) is 0 Å². The minimum atomic E-state index is -0.374. The van der Waals surface area contributed by atoms with Gasteiger partial charge in [-0.05, 0) is 61.1 Å². The minimum absolute atomic E-state index is 0.0107. The second kappa shape index (κ2) is 7.85. The maximum atomic E-state index is 12.5. The molecule has 1 aromatic carbocycles. The lowest BCUT2D eigenvalue weighted by molar-refractivity contribution is -0.125. The van der Waals surface area contributed by atoms with Crippen molar-refractivity contribution in [3.8, 4) is 0 Å². The van der Waals surface area contributed by atoms with Crippen LogP contribution in [0.1, 0.15) is 64.2 Å². The lowest BCUT2D eigenvalue weighted by Gasteiger charge is -2.26. The number of amides is 1. The van der Waals surface area contributed by atoms with Gasteiger partial charge in [-0.2, -0.15) is 0 Å². The minimum Gasteiger partial charge on any atom is -0.452 e. The van der Waals surface area contributed by atoms with E-state index in [0.29, 0.717) is 11.5 Å². The predicted octanol–water partition coefficient (Wildman–Crippen LogP) is 4.22. The van der Waals surface area contributed by atoms with E-state index in [2.05, 4.69) is 24.4 Å². The summed E-state index contributed by atoms with van der Waals surface area (Å²) in [6.45, 7) is 2.02. The molecule has 0 saturated carbocycles. The summed E-state index contributed by atoms with van der Waals surface area (Å²) in [5.41, 5.74) is 4.26. The van der Waals surface area contributed by atoms with E-state index in [1.165, 1.54) is 16.0 Å². The number of hydrogen-bond donors (Lipinski definition) is 1. The third-order valence-electron chi connectivity index (χ3n) is 5.66. The Kier molecular flexibility index (Phi) is 5.30. The highest BCUT2D eigenvalue weighted by Gasteiger charge is 2.25. The van der Waals surface area contributed by atoms with Gasteiger partial charge in [-0.15, -0.1) is 11.3 Å². The van der Waals surface area contributed by atoms with Gasteiger partial charge in [0.1, 0.15) is 0 Å². The first-order valence-corrected chi connectivity index (χ1v) is 10.6. The zero-order chi connectivity index (χ0) is 18.8. The summed E-state index contributed by atoms with van der Waals surface area (Å²) in [6, 6.07) is 8.24. The quantitative estimate of drug-likeness (QED) is 0.804. The van der Waals surface area contributed by atoms with E-state index < -0.39 is 0 Å². The first-order valence-electron chi connectivity index (χ1n) is 9.75. The molecular weight excluding hydrogens is 358 g/mol. The summed E-state index contributed by atoms with van der Waals surface area (Å²) < 4.78 is 5.33. The third-order valence-corrected chi connectivity index (χ3v) is 6.71. The van der Waals surface area contributed by atoms with Crippen molar-refractivity contribution in [1.29, 1.82) is 0 Å². The molecule has 0 saturated heterocycles. The normalized spacial score (nSPS) is 21.1. The molecule has 1 aromatic heterocycles. The second-order valence-corrected chi connectivity index (χ2v) is 8.65. The smallest absolute Gasteiger partial charge is 0.339 e. The van der Waals surface area contributed by atoms with Crippen LogP contribution in [0.4, 0.5) is 0 Å². The highest BCUT2D eigenvalue weighted by atomic mass is 32.1. The average molecular weight is 384 g/mol. The van der Waals surface area contributed by atoms with Crippen molar-refractivity contribution in [3.63, 3.8) is 0 Å². The molecule has 1 amide bonds. The molecule has 2 aliphatic carbocycles. The lowest BCUT2D eigenvalue weighted by Crippen LogP contribution is -2.34. The van der Waals surface area contributed by atoms with E-state index in [1.807, 2.05) is 17.5 Å². The van der Waals surface area contributed by atoms with Crippen molar-refractivity contribution in [2.24, 2.45) is 5.92 Å². The second-order valence-electron chi connectivity index (χ2n) is 7.69. The van der Waals surface area contributed by atoms with Gasteiger partial charge in [-0.3, -0.25) is 4.79 Å². The van der Waals surface area contributed by atoms with Crippen LogP contribution in [-0.2, 0) is 28.8 Å². The van der Waals surface area contributed by atoms with Gasteiger partial charge in [0, 0.05) is 10.3 Å². The number of rotatable bonds is 4. The topological polar surface area (TPSA) is 55.4 Å². The SMILES string of the molecule is C[C@@H]1CCc2c(C(=O)OCC(=O)N[C@@H]3CCCc4ccccc43)csc2C1. The standard InChI is InChI=1S/C22H25NO3S/c1-14-9-10-17-18(13-27-20(17)11-14)22(25)26-12-21(24)23-19-8-4-6-15-5-2-3-7-16(15)19/h2-3,5,7,13-14,19H,4,6,8-12H2,1H3,(H,23,24)/t14-,19-/m1/s1. The molecular formula is C22H25NO3S. The number of thiophene rings is 1. The molecule has 2 atom stereocenters. The Labute approximate surface area is 163 Å². The Bertz CT molecular complexity index is 857. The van der Waals surface area contributed by atoms with Gasteiger partial charge in [-0.25, -0.2) is 4.79 Å². The summed E-state index contributed by atoms with van der Waals surface area (Å²) >= 11 is 1.64. The molecule has 1 heterocycles. The van der Waals surface area contributed by atoms with Gasteiger partial charge >= 0.3 is 5.97 Å². The molecule has 0 bridgehead atoms. The zero-order valence-corrected chi connectivity index (χ0v) is 16.4. The molecule has 4 nitrogen and oxygen atoms in total. The van der Waals surface area contributed by atoms with Crippen LogP contribution in [0.5, 0.6) is 0 Å². The van der Waals surface area contributed by atoms with E-state index in [-0.39, 0.29) is 24.5 Å². The molecule has 0 spiro atoms. The molecule has 5 heteroatoms. The fourth-order valence-corrected chi connectivity index (χ4v) is 5.43. The molecule has 0 radical (unpaired) electrons. The fourth-order valence-electron chi connectivity index (χ4n) is 4.20. The van der Waals surface area contributed by atoms with Gasteiger partial charge < -0.3 is 10.1 Å². The Morgan fingerprint density at radius 2 is 2.07 bits per heavy atom. The van der Waals surface area contributed by atoms with Gasteiger partial charge in [0.05, 0.1) is 11.6 Å². The molecule has 27 heavy (non-hydrogen) atoms. The molecule has 0 aliphatic heterocycles. The number of fused-ring (bicyclic) bond motifs is 2. The van der Waals surface area contributed by atoms with Crippen LogP contribution in [0, 0.1) is 5.92 Å². The number of carbonyl (C=O) groups is 2. The van der Waals surface area contributed by atoms with Crippen LogP contribution in [0.3, 0.4) is 0 Å². The first kappa shape index (κ1) is 18.2. The molecule has 2 aromatic rings. The van der Waals surface area contributed by atoms with Crippen LogP contribution in [-0.4, -0.2) is 18.5 Å². The highest BCUT2D eigenvalue weighted by Crippen LogP contribution is 2.33. The Balaban J connectivity index is 1.34. The van der Waals surface area contributed by atoms with Crippen molar-refractivity contribution in [1.82, 2.24) is 5.32 Å². The van der Waals surface area contributed by atoms with E-state index in [0.717, 1.165) is 44.1 Å². The number of hydrogen-bond acceptors (Lipinski definition) is 4. The molecule has 0 fully saturated rings. The number of aryl methyl sites for hydroxylation is 1. The van der Waals surface area contributed by atoms with E-state index >= 15 is 0 Å². The fraction of sp³-hybridized carbons (Fsp3) is 0.455. The van der Waals surface area contributed by atoms with Crippen molar-refractivity contribution >= 4 is 23.2 Å². The first-order chi connectivity index (χ1) is 13.1. The molecule has 4 rings (SSSR count). The van der Waals surface area contributed by atoms with Crippen LogP contribution in [0.25, 0.3) is 0 Å². The number of nitrogens with one attached hydrogen (secondary N) is 1.